The largest absolute Gasteiger partial charge is 0.391 e. The fourth-order valence-electron chi connectivity index (χ4n) is 1.53. The summed E-state index contributed by atoms with van der Waals surface area (Å²) in [6.45, 7) is 4.23. The van der Waals surface area contributed by atoms with Crippen LogP contribution in [0.2, 0.25) is 0 Å². The first-order chi connectivity index (χ1) is 7.69. The Morgan fingerprint density at radius 3 is 2.69 bits per heavy atom. The highest BCUT2D eigenvalue weighted by Gasteiger charge is 2.17. The average Bonchev–Trinajstić information content (AvgIpc) is 2.81. The van der Waals surface area contributed by atoms with Crippen LogP contribution in [0.4, 0.5) is 0 Å². The molecule has 0 saturated heterocycles. The molecule has 3 N–H and O–H groups in total. The first kappa shape index (κ1) is 12.6. The molecule has 0 spiro atoms. The van der Waals surface area contributed by atoms with Gasteiger partial charge in [-0.15, -0.1) is 10.2 Å². The molecule has 0 aliphatic rings. The van der Waals surface area contributed by atoms with E-state index in [2.05, 4.69) is 25.9 Å². The number of carbonyl (C=O) groups is 1. The lowest BCUT2D eigenvalue weighted by Crippen LogP contribution is -2.36. The number of H-pyrrole nitrogens is 1. The fourth-order valence-corrected chi connectivity index (χ4v) is 1.53. The van der Waals surface area contributed by atoms with Crippen molar-refractivity contribution in [1.29, 1.82) is 0 Å². The third-order valence-electron chi connectivity index (χ3n) is 2.61. The van der Waals surface area contributed by atoms with E-state index in [9.17, 15) is 9.90 Å². The number of aliphatic hydroxyl groups is 1. The number of tetrazole rings is 1. The van der Waals surface area contributed by atoms with Crippen molar-refractivity contribution < 1.29 is 9.90 Å². The SMILES string of the molecule is CCC(CC)C(O)CNC(=O)c1nn[nH]n1. The minimum Gasteiger partial charge on any atom is -0.391 e. The maximum absolute atomic E-state index is 11.4. The number of amides is 1. The van der Waals surface area contributed by atoms with Gasteiger partial charge in [-0.25, -0.2) is 0 Å². The van der Waals surface area contributed by atoms with E-state index in [0.29, 0.717) is 0 Å². The van der Waals surface area contributed by atoms with E-state index >= 15 is 0 Å². The summed E-state index contributed by atoms with van der Waals surface area (Å²) in [5.41, 5.74) is 0. The number of aromatic amines is 1. The Morgan fingerprint density at radius 1 is 1.50 bits per heavy atom. The minimum absolute atomic E-state index is 0.0169. The van der Waals surface area contributed by atoms with Gasteiger partial charge in [-0.3, -0.25) is 4.79 Å². The van der Waals surface area contributed by atoms with Gasteiger partial charge in [0.1, 0.15) is 0 Å². The zero-order valence-electron chi connectivity index (χ0n) is 9.47. The van der Waals surface area contributed by atoms with Crippen LogP contribution in [0.1, 0.15) is 37.3 Å². The van der Waals surface area contributed by atoms with Crippen LogP contribution < -0.4 is 5.32 Å². The van der Waals surface area contributed by atoms with Gasteiger partial charge in [0, 0.05) is 6.54 Å². The normalized spacial score (nSPS) is 12.8. The van der Waals surface area contributed by atoms with E-state index < -0.39 is 12.0 Å². The Bertz CT molecular complexity index is 310. The van der Waals surface area contributed by atoms with Crippen LogP contribution in [0, 0.1) is 5.92 Å². The van der Waals surface area contributed by atoms with Crippen molar-refractivity contribution in [2.45, 2.75) is 32.8 Å². The Balaban J connectivity index is 2.37. The van der Waals surface area contributed by atoms with E-state index in [1.165, 1.54) is 0 Å². The van der Waals surface area contributed by atoms with E-state index in [1.54, 1.807) is 0 Å². The Morgan fingerprint density at radius 2 is 2.19 bits per heavy atom. The summed E-state index contributed by atoms with van der Waals surface area (Å²) >= 11 is 0. The zero-order valence-corrected chi connectivity index (χ0v) is 9.47. The Labute approximate surface area is 93.6 Å². The van der Waals surface area contributed by atoms with Gasteiger partial charge in [0.25, 0.3) is 11.7 Å². The minimum atomic E-state index is -0.536. The lowest BCUT2D eigenvalue weighted by molar-refractivity contribution is 0.0809. The molecule has 0 aliphatic heterocycles. The fraction of sp³-hybridized carbons (Fsp3) is 0.778. The maximum Gasteiger partial charge on any atom is 0.292 e. The van der Waals surface area contributed by atoms with Crippen LogP contribution in [0.25, 0.3) is 0 Å². The van der Waals surface area contributed by atoms with Crippen LogP contribution in [-0.2, 0) is 0 Å². The third-order valence-corrected chi connectivity index (χ3v) is 2.61. The van der Waals surface area contributed by atoms with Crippen LogP contribution in [-0.4, -0.2) is 44.3 Å². The molecule has 0 saturated carbocycles. The summed E-state index contributed by atoms with van der Waals surface area (Å²) in [4.78, 5) is 11.4. The van der Waals surface area contributed by atoms with Gasteiger partial charge >= 0.3 is 0 Å². The highest BCUT2D eigenvalue weighted by Crippen LogP contribution is 2.12. The summed E-state index contributed by atoms with van der Waals surface area (Å²) in [6, 6.07) is 0. The highest BCUT2D eigenvalue weighted by atomic mass is 16.3. The van der Waals surface area contributed by atoms with Crippen LogP contribution in [0.5, 0.6) is 0 Å². The summed E-state index contributed by atoms with van der Waals surface area (Å²) in [5.74, 6) is -0.249. The lowest BCUT2D eigenvalue weighted by atomic mass is 9.96. The molecule has 1 rings (SSSR count). The number of rotatable bonds is 6. The van der Waals surface area contributed by atoms with Crippen molar-refractivity contribution >= 4 is 5.91 Å². The van der Waals surface area contributed by atoms with Crippen molar-refractivity contribution in [2.75, 3.05) is 6.54 Å². The molecule has 0 radical (unpaired) electrons. The van der Waals surface area contributed by atoms with Crippen molar-refractivity contribution in [3.63, 3.8) is 0 Å². The molecule has 1 heterocycles. The number of aliphatic hydroxyl groups excluding tert-OH is 1. The molecule has 90 valence electrons. The standard InChI is InChI=1S/C9H17N5O2/c1-3-6(4-2)7(15)5-10-9(16)8-11-13-14-12-8/h6-7,15H,3-5H2,1-2H3,(H,10,16)(H,11,12,13,14). The van der Waals surface area contributed by atoms with Gasteiger partial charge < -0.3 is 10.4 Å². The predicted molar refractivity (Wildman–Crippen MR) is 56.6 cm³/mol. The molecule has 0 fully saturated rings. The number of hydrogen-bond acceptors (Lipinski definition) is 5. The molecule has 1 unspecified atom stereocenters. The summed E-state index contributed by atoms with van der Waals surface area (Å²) in [6.07, 6.45) is 1.23. The lowest BCUT2D eigenvalue weighted by Gasteiger charge is -2.19. The second kappa shape index (κ2) is 6.16. The van der Waals surface area contributed by atoms with Crippen molar-refractivity contribution in [2.24, 2.45) is 5.92 Å². The van der Waals surface area contributed by atoms with Gasteiger partial charge in [0.05, 0.1) is 6.10 Å². The van der Waals surface area contributed by atoms with Gasteiger partial charge in [0.2, 0.25) is 0 Å². The molecular formula is C9H17N5O2. The highest BCUT2D eigenvalue weighted by molar-refractivity contribution is 5.89. The number of nitrogens with one attached hydrogen (secondary N) is 2. The zero-order chi connectivity index (χ0) is 12.0. The second-order valence-electron chi connectivity index (χ2n) is 3.59. The maximum atomic E-state index is 11.4. The molecule has 1 aromatic rings. The average molecular weight is 227 g/mol. The van der Waals surface area contributed by atoms with Gasteiger partial charge in [0.15, 0.2) is 0 Å². The van der Waals surface area contributed by atoms with E-state index in [-0.39, 0.29) is 18.3 Å². The smallest absolute Gasteiger partial charge is 0.292 e. The van der Waals surface area contributed by atoms with E-state index in [0.717, 1.165) is 12.8 Å². The number of carbonyl (C=O) groups excluding carboxylic acids is 1. The molecule has 16 heavy (non-hydrogen) atoms. The first-order valence-electron chi connectivity index (χ1n) is 5.38. The van der Waals surface area contributed by atoms with Crippen LogP contribution in [0.15, 0.2) is 0 Å². The molecule has 1 amide bonds. The summed E-state index contributed by atoms with van der Waals surface area (Å²) in [5, 5.41) is 24.9. The van der Waals surface area contributed by atoms with Crippen molar-refractivity contribution in [3.8, 4) is 0 Å². The molecule has 0 aromatic carbocycles. The monoisotopic (exact) mass is 227 g/mol. The second-order valence-corrected chi connectivity index (χ2v) is 3.59. The molecule has 7 nitrogen and oxygen atoms in total. The molecule has 0 bridgehead atoms. The Kier molecular flexibility index (Phi) is 4.84. The van der Waals surface area contributed by atoms with E-state index in [4.69, 9.17) is 0 Å². The molecule has 0 aliphatic carbocycles. The van der Waals surface area contributed by atoms with Gasteiger partial charge in [-0.1, -0.05) is 26.7 Å². The predicted octanol–water partition coefficient (Wildman–Crippen LogP) is -0.273. The van der Waals surface area contributed by atoms with Crippen molar-refractivity contribution in [1.82, 2.24) is 25.9 Å². The summed E-state index contributed by atoms with van der Waals surface area (Å²) < 4.78 is 0. The molecular weight excluding hydrogens is 210 g/mol. The molecule has 1 aromatic heterocycles. The summed E-state index contributed by atoms with van der Waals surface area (Å²) in [7, 11) is 0. The number of nitrogens with zero attached hydrogens (tertiary/aromatic N) is 3. The van der Waals surface area contributed by atoms with Gasteiger partial charge in [-0.2, -0.15) is 5.21 Å². The van der Waals surface area contributed by atoms with Crippen LogP contribution >= 0.6 is 0 Å². The molecule has 7 heteroatoms. The van der Waals surface area contributed by atoms with Crippen molar-refractivity contribution in [3.05, 3.63) is 5.82 Å². The quantitative estimate of drug-likeness (QED) is 0.620. The van der Waals surface area contributed by atoms with E-state index in [1.807, 2.05) is 13.8 Å². The topological polar surface area (TPSA) is 104 Å². The van der Waals surface area contributed by atoms with Crippen LogP contribution in [0.3, 0.4) is 0 Å². The Hall–Kier alpha value is -1.50. The molecule has 1 atom stereocenters. The first-order valence-corrected chi connectivity index (χ1v) is 5.38. The van der Waals surface area contributed by atoms with Gasteiger partial charge in [-0.05, 0) is 11.1 Å². The number of hydrogen-bond donors (Lipinski definition) is 3. The number of aromatic nitrogens is 4. The third kappa shape index (κ3) is 3.27.